The molecule has 2 aromatic carbocycles. The average Bonchev–Trinajstić information content (AvgIpc) is 2.68. The maximum Gasteiger partial charge on any atom is 0.251 e. The summed E-state index contributed by atoms with van der Waals surface area (Å²) < 4.78 is 5.13. The molecule has 1 fully saturated rings. The molecule has 0 bridgehead atoms. The standard InChI is InChI=1S/C21H22N4O2/c26-21(22-12-15-13-27-14-15)17-7-4-8-18(11-17)23-20-10-9-19(24-25-20)16-5-2-1-3-6-16/h1-11,15,23-25H,12-14H2,(H,22,26)/p+1. The minimum absolute atomic E-state index is 0.0612. The average molecular weight is 363 g/mol. The van der Waals surface area contributed by atoms with E-state index in [0.29, 0.717) is 18.0 Å². The molecule has 5 N–H and O–H groups in total. The second kappa shape index (κ2) is 8.07. The number of carbonyl (C=O) groups excluding carboxylic acids is 1. The quantitative estimate of drug-likeness (QED) is 0.586. The summed E-state index contributed by atoms with van der Waals surface area (Å²) in [4.78, 5) is 12.3. The van der Waals surface area contributed by atoms with Crippen LogP contribution in [0.25, 0.3) is 5.70 Å². The molecular weight excluding hydrogens is 340 g/mol. The largest absolute Gasteiger partial charge is 0.381 e. The second-order valence-electron chi connectivity index (χ2n) is 6.68. The molecule has 0 saturated carbocycles. The number of rotatable bonds is 6. The zero-order chi connectivity index (χ0) is 18.5. The Balaban J connectivity index is 1.39. The zero-order valence-electron chi connectivity index (χ0n) is 14.9. The van der Waals surface area contributed by atoms with E-state index in [2.05, 4.69) is 34.3 Å². The summed E-state index contributed by atoms with van der Waals surface area (Å²) in [5.41, 5.74) is 9.01. The van der Waals surface area contributed by atoms with Gasteiger partial charge in [0.2, 0.25) is 0 Å². The molecule has 27 heavy (non-hydrogen) atoms. The van der Waals surface area contributed by atoms with Crippen LogP contribution in [0.5, 0.6) is 0 Å². The molecule has 1 saturated heterocycles. The summed E-state index contributed by atoms with van der Waals surface area (Å²) in [7, 11) is 0. The minimum Gasteiger partial charge on any atom is -0.381 e. The Hall–Kier alpha value is -3.09. The third-order valence-corrected chi connectivity index (χ3v) is 4.58. The van der Waals surface area contributed by atoms with Crippen LogP contribution in [0.4, 0.5) is 5.69 Å². The first-order valence-corrected chi connectivity index (χ1v) is 9.08. The number of benzene rings is 2. The Morgan fingerprint density at radius 1 is 1.11 bits per heavy atom. The minimum atomic E-state index is -0.0612. The van der Waals surface area contributed by atoms with Crippen molar-refractivity contribution >= 4 is 17.3 Å². The third kappa shape index (κ3) is 4.36. The van der Waals surface area contributed by atoms with Crippen molar-refractivity contribution in [3.63, 3.8) is 0 Å². The van der Waals surface area contributed by atoms with Crippen molar-refractivity contribution in [2.24, 2.45) is 5.92 Å². The Morgan fingerprint density at radius 3 is 2.67 bits per heavy atom. The molecule has 6 heteroatoms. The molecule has 1 amide bonds. The highest BCUT2D eigenvalue weighted by molar-refractivity contribution is 5.95. The van der Waals surface area contributed by atoms with Crippen LogP contribution in [0.2, 0.25) is 0 Å². The van der Waals surface area contributed by atoms with E-state index in [-0.39, 0.29) is 5.91 Å². The highest BCUT2D eigenvalue weighted by Crippen LogP contribution is 2.15. The van der Waals surface area contributed by atoms with Crippen molar-refractivity contribution in [2.75, 3.05) is 25.1 Å². The zero-order valence-corrected chi connectivity index (χ0v) is 14.9. The Bertz CT molecular complexity index is 873. The summed E-state index contributed by atoms with van der Waals surface area (Å²) in [6, 6.07) is 17.7. The number of nitrogens with one attached hydrogen (secondary N) is 3. The molecular formula is C21H23N4O2+. The van der Waals surface area contributed by atoms with Gasteiger partial charge in [-0.15, -0.1) is 0 Å². The highest BCUT2D eigenvalue weighted by atomic mass is 16.5. The van der Waals surface area contributed by atoms with Crippen LogP contribution < -0.4 is 21.5 Å². The fraction of sp³-hybridized carbons (Fsp3) is 0.190. The van der Waals surface area contributed by atoms with Crippen LogP contribution in [0, 0.1) is 5.92 Å². The van der Waals surface area contributed by atoms with E-state index in [1.807, 2.05) is 54.0 Å². The lowest BCUT2D eigenvalue weighted by Gasteiger charge is -2.25. The van der Waals surface area contributed by atoms with E-state index >= 15 is 0 Å². The van der Waals surface area contributed by atoms with Gasteiger partial charge < -0.3 is 15.4 Å². The van der Waals surface area contributed by atoms with Crippen LogP contribution in [-0.2, 0) is 4.74 Å². The summed E-state index contributed by atoms with van der Waals surface area (Å²) in [5.74, 6) is 1.24. The molecule has 0 radical (unpaired) electrons. The third-order valence-electron chi connectivity index (χ3n) is 4.58. The predicted octanol–water partition coefficient (Wildman–Crippen LogP) is 1.44. The number of amides is 1. The molecule has 0 unspecified atom stereocenters. The van der Waals surface area contributed by atoms with Crippen LogP contribution in [0.3, 0.4) is 0 Å². The van der Waals surface area contributed by atoms with Gasteiger partial charge in [-0.05, 0) is 36.4 Å². The van der Waals surface area contributed by atoms with E-state index in [0.717, 1.165) is 36.0 Å². The van der Waals surface area contributed by atoms with Gasteiger partial charge in [0.15, 0.2) is 11.5 Å². The molecule has 2 heterocycles. The maximum absolute atomic E-state index is 12.3. The molecule has 2 aromatic rings. The van der Waals surface area contributed by atoms with E-state index in [9.17, 15) is 4.79 Å². The summed E-state index contributed by atoms with van der Waals surface area (Å²) in [6.07, 6.45) is 4.05. The second-order valence-corrected chi connectivity index (χ2v) is 6.68. The Labute approximate surface area is 158 Å². The lowest BCUT2D eigenvalue weighted by atomic mass is 10.1. The molecule has 6 nitrogen and oxygen atoms in total. The molecule has 0 aromatic heterocycles. The van der Waals surface area contributed by atoms with Gasteiger partial charge in [0, 0.05) is 35.4 Å². The number of quaternary nitrogens is 1. The van der Waals surface area contributed by atoms with E-state index in [4.69, 9.17) is 4.74 Å². The lowest BCUT2D eigenvalue weighted by Crippen LogP contribution is -2.91. The molecule has 138 valence electrons. The van der Waals surface area contributed by atoms with Crippen LogP contribution >= 0.6 is 0 Å². The van der Waals surface area contributed by atoms with Gasteiger partial charge in [-0.3, -0.25) is 4.79 Å². The van der Waals surface area contributed by atoms with Crippen molar-refractivity contribution in [3.8, 4) is 0 Å². The summed E-state index contributed by atoms with van der Waals surface area (Å²) in [6.45, 7) is 2.12. The van der Waals surface area contributed by atoms with Crippen molar-refractivity contribution < 1.29 is 15.0 Å². The van der Waals surface area contributed by atoms with Crippen LogP contribution in [0.1, 0.15) is 15.9 Å². The van der Waals surface area contributed by atoms with Gasteiger partial charge in [0.25, 0.3) is 5.91 Å². The topological polar surface area (TPSA) is 79.0 Å². The number of allylic oxidation sites excluding steroid dienone is 2. The number of hydrogen-bond acceptors (Lipinski definition) is 4. The van der Waals surface area contributed by atoms with Gasteiger partial charge in [-0.2, -0.15) is 0 Å². The monoisotopic (exact) mass is 363 g/mol. The van der Waals surface area contributed by atoms with Crippen molar-refractivity contribution in [1.82, 2.24) is 10.7 Å². The van der Waals surface area contributed by atoms with E-state index in [1.165, 1.54) is 0 Å². The predicted molar refractivity (Wildman–Crippen MR) is 104 cm³/mol. The molecule has 2 aliphatic heterocycles. The first-order valence-electron chi connectivity index (χ1n) is 9.08. The van der Waals surface area contributed by atoms with Crippen molar-refractivity contribution in [2.45, 2.75) is 0 Å². The maximum atomic E-state index is 12.3. The van der Waals surface area contributed by atoms with Crippen molar-refractivity contribution in [1.29, 1.82) is 0 Å². The number of ether oxygens (including phenoxy) is 1. The van der Waals surface area contributed by atoms with Crippen LogP contribution in [0.15, 0.2) is 72.6 Å². The molecule has 4 rings (SSSR count). The van der Waals surface area contributed by atoms with Gasteiger partial charge >= 0.3 is 0 Å². The summed E-state index contributed by atoms with van der Waals surface area (Å²) >= 11 is 0. The summed E-state index contributed by atoms with van der Waals surface area (Å²) in [5, 5.41) is 6.27. The van der Waals surface area contributed by atoms with Gasteiger partial charge in [-0.25, -0.2) is 10.9 Å². The number of hydrogen-bond donors (Lipinski definition) is 4. The fourth-order valence-electron chi connectivity index (χ4n) is 2.95. The van der Waals surface area contributed by atoms with Gasteiger partial charge in [0.1, 0.15) is 0 Å². The molecule has 0 spiro atoms. The number of anilines is 1. The molecule has 0 aliphatic carbocycles. The van der Waals surface area contributed by atoms with Gasteiger partial charge in [0.05, 0.1) is 13.2 Å². The highest BCUT2D eigenvalue weighted by Gasteiger charge is 2.19. The first-order chi connectivity index (χ1) is 13.3. The fourth-order valence-corrected chi connectivity index (χ4v) is 2.95. The number of nitrogens with two attached hydrogens (primary N) is 1. The Kier molecular flexibility index (Phi) is 5.18. The number of carbonyl (C=O) groups is 1. The van der Waals surface area contributed by atoms with Gasteiger partial charge in [-0.1, -0.05) is 24.3 Å². The Morgan fingerprint density at radius 2 is 1.96 bits per heavy atom. The normalized spacial score (nSPS) is 16.4. The lowest BCUT2D eigenvalue weighted by molar-refractivity contribution is -0.618. The first kappa shape index (κ1) is 17.3. The molecule has 2 aliphatic rings. The van der Waals surface area contributed by atoms with E-state index in [1.54, 1.807) is 0 Å². The van der Waals surface area contributed by atoms with Crippen LogP contribution in [-0.4, -0.2) is 25.7 Å². The van der Waals surface area contributed by atoms with Crippen molar-refractivity contribution in [3.05, 3.63) is 83.7 Å². The smallest absolute Gasteiger partial charge is 0.251 e. The van der Waals surface area contributed by atoms with E-state index < -0.39 is 0 Å². The SMILES string of the molecule is O=C(NCC1COC1)c1cccc(NC2=CC=C(c3ccccc3)[NH2+]N2)c1. The molecule has 0 atom stereocenters.